The van der Waals surface area contributed by atoms with E-state index in [9.17, 15) is 0 Å². The number of hydrazine groups is 1. The van der Waals surface area contributed by atoms with Gasteiger partial charge in [-0.3, -0.25) is 11.3 Å². The molecule has 14 heavy (non-hydrogen) atoms. The first-order chi connectivity index (χ1) is 6.72. The Kier molecular flexibility index (Phi) is 2.85. The molecule has 0 spiro atoms. The van der Waals surface area contributed by atoms with Gasteiger partial charge in [0.15, 0.2) is 0 Å². The number of thiazole rings is 1. The zero-order chi connectivity index (χ0) is 10.1. The molecule has 1 aliphatic rings. The van der Waals surface area contributed by atoms with E-state index in [1.165, 1.54) is 24.1 Å². The van der Waals surface area contributed by atoms with E-state index in [1.54, 1.807) is 11.3 Å². The van der Waals surface area contributed by atoms with Crippen molar-refractivity contribution < 1.29 is 0 Å². The summed E-state index contributed by atoms with van der Waals surface area (Å²) in [7, 11) is 0. The summed E-state index contributed by atoms with van der Waals surface area (Å²) in [5, 5.41) is 1.14. The van der Waals surface area contributed by atoms with E-state index >= 15 is 0 Å². The van der Waals surface area contributed by atoms with Crippen LogP contribution < -0.4 is 11.3 Å². The molecule has 0 amide bonds. The van der Waals surface area contributed by atoms with Gasteiger partial charge in [-0.2, -0.15) is 0 Å². The molecule has 0 aromatic carbocycles. The van der Waals surface area contributed by atoms with E-state index in [1.807, 2.05) is 0 Å². The van der Waals surface area contributed by atoms with Crippen LogP contribution in [0.1, 0.15) is 40.9 Å². The molecular formula is C10H17N3S. The molecule has 1 unspecified atom stereocenters. The van der Waals surface area contributed by atoms with Gasteiger partial charge in [-0.25, -0.2) is 4.98 Å². The Morgan fingerprint density at radius 2 is 2.21 bits per heavy atom. The molecule has 1 saturated carbocycles. The number of aryl methyl sites for hydroxylation is 2. The van der Waals surface area contributed by atoms with Gasteiger partial charge in [-0.05, 0) is 32.6 Å². The Balaban J connectivity index is 2.21. The Morgan fingerprint density at radius 1 is 1.50 bits per heavy atom. The minimum Gasteiger partial charge on any atom is -0.271 e. The van der Waals surface area contributed by atoms with Crippen LogP contribution in [0.2, 0.25) is 0 Å². The molecule has 1 fully saturated rings. The van der Waals surface area contributed by atoms with Gasteiger partial charge in [0.25, 0.3) is 0 Å². The zero-order valence-corrected chi connectivity index (χ0v) is 9.53. The lowest BCUT2D eigenvalue weighted by Crippen LogP contribution is -2.36. The van der Waals surface area contributed by atoms with Crippen molar-refractivity contribution in [2.24, 2.45) is 11.8 Å². The standard InChI is InChI=1S/C10H17N3S/c1-6-10(14-7(2)12-6)9(13-11)8-4-3-5-8/h8-9,13H,3-5,11H2,1-2H3. The summed E-state index contributed by atoms with van der Waals surface area (Å²) in [4.78, 5) is 5.77. The predicted molar refractivity (Wildman–Crippen MR) is 59.0 cm³/mol. The Labute approximate surface area is 88.7 Å². The van der Waals surface area contributed by atoms with Gasteiger partial charge in [0.05, 0.1) is 16.7 Å². The zero-order valence-electron chi connectivity index (χ0n) is 8.71. The average molecular weight is 211 g/mol. The lowest BCUT2D eigenvalue weighted by molar-refractivity contribution is 0.234. The Hall–Kier alpha value is -0.450. The molecule has 3 N–H and O–H groups in total. The summed E-state index contributed by atoms with van der Waals surface area (Å²) < 4.78 is 0. The van der Waals surface area contributed by atoms with Crippen LogP contribution in [0.4, 0.5) is 0 Å². The number of nitrogens with one attached hydrogen (secondary N) is 1. The number of nitrogens with two attached hydrogens (primary N) is 1. The third kappa shape index (κ3) is 1.69. The molecule has 0 radical (unpaired) electrons. The van der Waals surface area contributed by atoms with Gasteiger partial charge < -0.3 is 0 Å². The minimum absolute atomic E-state index is 0.329. The summed E-state index contributed by atoms with van der Waals surface area (Å²) in [5.74, 6) is 6.34. The minimum atomic E-state index is 0.329. The van der Waals surface area contributed by atoms with Crippen molar-refractivity contribution in [3.8, 4) is 0 Å². The number of aromatic nitrogens is 1. The number of nitrogens with zero attached hydrogens (tertiary/aromatic N) is 1. The highest BCUT2D eigenvalue weighted by molar-refractivity contribution is 7.11. The number of hydrogen-bond acceptors (Lipinski definition) is 4. The second kappa shape index (κ2) is 3.96. The van der Waals surface area contributed by atoms with Gasteiger partial charge in [0.1, 0.15) is 0 Å². The first-order valence-corrected chi connectivity index (χ1v) is 5.94. The molecule has 2 rings (SSSR count). The van der Waals surface area contributed by atoms with E-state index in [4.69, 9.17) is 5.84 Å². The van der Waals surface area contributed by atoms with Crippen LogP contribution in [0.5, 0.6) is 0 Å². The second-order valence-corrected chi connectivity index (χ2v) is 5.25. The van der Waals surface area contributed by atoms with Crippen molar-refractivity contribution in [1.29, 1.82) is 0 Å². The molecular weight excluding hydrogens is 194 g/mol. The van der Waals surface area contributed by atoms with Crippen molar-refractivity contribution in [2.45, 2.75) is 39.2 Å². The molecule has 1 aromatic heterocycles. The number of hydrogen-bond donors (Lipinski definition) is 2. The van der Waals surface area contributed by atoms with E-state index in [0.29, 0.717) is 6.04 Å². The molecule has 0 aliphatic heterocycles. The fraction of sp³-hybridized carbons (Fsp3) is 0.700. The van der Waals surface area contributed by atoms with Crippen molar-refractivity contribution in [3.63, 3.8) is 0 Å². The van der Waals surface area contributed by atoms with Gasteiger partial charge in [0.2, 0.25) is 0 Å². The SMILES string of the molecule is Cc1nc(C)c(C(NN)C2CCC2)s1. The van der Waals surface area contributed by atoms with Gasteiger partial charge in [0, 0.05) is 4.88 Å². The average Bonchev–Trinajstić information content (AvgIpc) is 2.37. The summed E-state index contributed by atoms with van der Waals surface area (Å²) >= 11 is 1.77. The monoisotopic (exact) mass is 211 g/mol. The highest BCUT2D eigenvalue weighted by atomic mass is 32.1. The van der Waals surface area contributed by atoms with Crippen molar-refractivity contribution >= 4 is 11.3 Å². The molecule has 1 atom stereocenters. The molecule has 4 heteroatoms. The first-order valence-electron chi connectivity index (χ1n) is 5.12. The maximum atomic E-state index is 5.62. The third-order valence-corrected chi connectivity index (χ3v) is 4.18. The largest absolute Gasteiger partial charge is 0.271 e. The third-order valence-electron chi connectivity index (χ3n) is 3.02. The van der Waals surface area contributed by atoms with Crippen LogP contribution >= 0.6 is 11.3 Å². The van der Waals surface area contributed by atoms with Crippen LogP contribution in [0.25, 0.3) is 0 Å². The summed E-state index contributed by atoms with van der Waals surface area (Å²) in [6, 6.07) is 0.329. The van der Waals surface area contributed by atoms with Crippen molar-refractivity contribution in [2.75, 3.05) is 0 Å². The lowest BCUT2D eigenvalue weighted by atomic mass is 9.79. The molecule has 1 aliphatic carbocycles. The normalized spacial score (nSPS) is 19.4. The fourth-order valence-electron chi connectivity index (χ4n) is 2.03. The van der Waals surface area contributed by atoms with Crippen LogP contribution in [0, 0.1) is 19.8 Å². The van der Waals surface area contributed by atoms with E-state index in [-0.39, 0.29) is 0 Å². The summed E-state index contributed by atoms with van der Waals surface area (Å²) in [5.41, 5.74) is 4.09. The van der Waals surface area contributed by atoms with Crippen molar-refractivity contribution in [1.82, 2.24) is 10.4 Å². The topological polar surface area (TPSA) is 50.9 Å². The molecule has 0 bridgehead atoms. The van der Waals surface area contributed by atoms with Gasteiger partial charge in [-0.15, -0.1) is 11.3 Å². The van der Waals surface area contributed by atoms with E-state index in [2.05, 4.69) is 24.3 Å². The summed E-state index contributed by atoms with van der Waals surface area (Å²) in [6.07, 6.45) is 3.94. The molecule has 78 valence electrons. The van der Waals surface area contributed by atoms with Crippen LogP contribution in [0.15, 0.2) is 0 Å². The lowest BCUT2D eigenvalue weighted by Gasteiger charge is -2.32. The highest BCUT2D eigenvalue weighted by Crippen LogP contribution is 2.40. The van der Waals surface area contributed by atoms with Gasteiger partial charge >= 0.3 is 0 Å². The Bertz CT molecular complexity index is 317. The van der Waals surface area contributed by atoms with E-state index < -0.39 is 0 Å². The maximum absolute atomic E-state index is 5.62. The van der Waals surface area contributed by atoms with E-state index in [0.717, 1.165) is 16.6 Å². The second-order valence-electron chi connectivity index (χ2n) is 4.02. The predicted octanol–water partition coefficient (Wildman–Crippen LogP) is 2.06. The summed E-state index contributed by atoms with van der Waals surface area (Å²) in [6.45, 7) is 4.12. The van der Waals surface area contributed by atoms with Crippen LogP contribution in [0.3, 0.4) is 0 Å². The smallest absolute Gasteiger partial charge is 0.0900 e. The fourth-order valence-corrected chi connectivity index (χ4v) is 3.12. The first kappa shape index (κ1) is 10.1. The molecule has 3 nitrogen and oxygen atoms in total. The van der Waals surface area contributed by atoms with Crippen LogP contribution in [-0.2, 0) is 0 Å². The van der Waals surface area contributed by atoms with Crippen molar-refractivity contribution in [3.05, 3.63) is 15.6 Å². The van der Waals surface area contributed by atoms with Crippen LogP contribution in [-0.4, -0.2) is 4.98 Å². The maximum Gasteiger partial charge on any atom is 0.0900 e. The Morgan fingerprint density at radius 3 is 2.57 bits per heavy atom. The van der Waals surface area contributed by atoms with Gasteiger partial charge in [-0.1, -0.05) is 6.42 Å². The number of rotatable bonds is 3. The molecule has 1 aromatic rings. The quantitative estimate of drug-likeness (QED) is 0.594. The molecule has 0 saturated heterocycles. The highest BCUT2D eigenvalue weighted by Gasteiger charge is 2.30. The molecule has 1 heterocycles.